The van der Waals surface area contributed by atoms with E-state index in [-0.39, 0.29) is 30.9 Å². The van der Waals surface area contributed by atoms with Crippen molar-refractivity contribution in [1.29, 1.82) is 0 Å². The molecule has 0 unspecified atom stereocenters. The topological polar surface area (TPSA) is 98.7 Å². The summed E-state index contributed by atoms with van der Waals surface area (Å²) in [7, 11) is 0. The van der Waals surface area contributed by atoms with Gasteiger partial charge in [0.2, 0.25) is 5.91 Å². The number of nitrogens with zero attached hydrogens (tertiary/aromatic N) is 1. The smallest absolute Gasteiger partial charge is 0.315 e. The Labute approximate surface area is 137 Å². The first-order valence-corrected chi connectivity index (χ1v) is 8.56. The molecule has 0 saturated heterocycles. The Bertz CT molecular complexity index is 395. The summed E-state index contributed by atoms with van der Waals surface area (Å²) in [6.07, 6.45) is 6.50. The summed E-state index contributed by atoms with van der Waals surface area (Å²) in [6, 6.07) is 0.111. The van der Waals surface area contributed by atoms with Gasteiger partial charge in [0.05, 0.1) is 6.42 Å². The molecule has 3 amide bonds. The molecule has 0 aromatic heterocycles. The summed E-state index contributed by atoms with van der Waals surface area (Å²) in [5.41, 5.74) is 0. The number of carboxylic acid groups (broad SMARTS) is 1. The van der Waals surface area contributed by atoms with Gasteiger partial charge >= 0.3 is 12.0 Å². The van der Waals surface area contributed by atoms with E-state index in [0.717, 1.165) is 12.8 Å². The van der Waals surface area contributed by atoms with Crippen LogP contribution in [0.3, 0.4) is 0 Å². The molecule has 0 radical (unpaired) electrons. The van der Waals surface area contributed by atoms with Crippen molar-refractivity contribution >= 4 is 17.9 Å². The van der Waals surface area contributed by atoms with Gasteiger partial charge in [-0.25, -0.2) is 4.79 Å². The van der Waals surface area contributed by atoms with Crippen molar-refractivity contribution in [3.63, 3.8) is 0 Å². The Kier molecular flexibility index (Phi) is 9.09. The van der Waals surface area contributed by atoms with Crippen LogP contribution >= 0.6 is 0 Å². The minimum atomic E-state index is -0.905. The third kappa shape index (κ3) is 8.42. The van der Waals surface area contributed by atoms with Gasteiger partial charge in [-0.2, -0.15) is 0 Å². The Morgan fingerprint density at radius 1 is 1.13 bits per heavy atom. The van der Waals surface area contributed by atoms with Crippen LogP contribution in [0.1, 0.15) is 58.3 Å². The Morgan fingerprint density at radius 3 is 2.43 bits per heavy atom. The number of urea groups is 1. The SMILES string of the molecule is CCN(CCC(=O)O)C(=O)CCCNC(=O)NC1CCCCC1. The molecule has 0 heterocycles. The standard InChI is InChI=1S/C16H29N3O4/c1-2-19(12-10-15(21)22)14(20)9-6-11-17-16(23)18-13-7-4-3-5-8-13/h13H,2-12H2,1H3,(H,21,22)(H2,17,18,23). The number of rotatable bonds is 9. The van der Waals surface area contributed by atoms with Gasteiger partial charge in [0.15, 0.2) is 0 Å². The number of aliphatic carboxylic acids is 1. The van der Waals surface area contributed by atoms with Gasteiger partial charge < -0.3 is 20.6 Å². The van der Waals surface area contributed by atoms with E-state index in [1.165, 1.54) is 24.2 Å². The van der Waals surface area contributed by atoms with E-state index in [2.05, 4.69) is 10.6 Å². The maximum Gasteiger partial charge on any atom is 0.315 e. The number of carbonyl (C=O) groups is 3. The average Bonchev–Trinajstić information content (AvgIpc) is 2.53. The highest BCUT2D eigenvalue weighted by molar-refractivity contribution is 5.77. The molecule has 7 nitrogen and oxygen atoms in total. The van der Waals surface area contributed by atoms with Gasteiger partial charge in [0, 0.05) is 32.1 Å². The second-order valence-corrected chi connectivity index (χ2v) is 5.96. The number of amides is 3. The van der Waals surface area contributed by atoms with Gasteiger partial charge in [-0.05, 0) is 26.2 Å². The number of hydrogen-bond acceptors (Lipinski definition) is 3. The maximum absolute atomic E-state index is 12.0. The average molecular weight is 327 g/mol. The van der Waals surface area contributed by atoms with Crippen molar-refractivity contribution in [2.75, 3.05) is 19.6 Å². The lowest BCUT2D eigenvalue weighted by Gasteiger charge is -2.23. The monoisotopic (exact) mass is 327 g/mol. The van der Waals surface area contributed by atoms with Crippen LogP contribution in [-0.2, 0) is 9.59 Å². The summed E-state index contributed by atoms with van der Waals surface area (Å²) < 4.78 is 0. The van der Waals surface area contributed by atoms with Crippen LogP contribution in [0.5, 0.6) is 0 Å². The lowest BCUT2D eigenvalue weighted by molar-refractivity contribution is -0.138. The van der Waals surface area contributed by atoms with E-state index in [1.807, 2.05) is 6.92 Å². The first kappa shape index (κ1) is 19.3. The summed E-state index contributed by atoms with van der Waals surface area (Å²) in [4.78, 5) is 35.8. The van der Waals surface area contributed by atoms with Crippen molar-refractivity contribution in [2.45, 2.75) is 64.3 Å². The van der Waals surface area contributed by atoms with Crippen LogP contribution in [0.25, 0.3) is 0 Å². The van der Waals surface area contributed by atoms with Crippen LogP contribution in [0.15, 0.2) is 0 Å². The van der Waals surface area contributed by atoms with E-state index in [1.54, 1.807) is 0 Å². The minimum Gasteiger partial charge on any atom is -0.481 e. The van der Waals surface area contributed by atoms with E-state index in [0.29, 0.717) is 25.9 Å². The van der Waals surface area contributed by atoms with Crippen molar-refractivity contribution in [1.82, 2.24) is 15.5 Å². The Morgan fingerprint density at radius 2 is 1.83 bits per heavy atom. The molecule has 1 rings (SSSR count). The highest BCUT2D eigenvalue weighted by Gasteiger charge is 2.16. The van der Waals surface area contributed by atoms with Gasteiger partial charge in [-0.3, -0.25) is 9.59 Å². The Hall–Kier alpha value is -1.79. The zero-order valence-electron chi connectivity index (χ0n) is 14.0. The molecule has 7 heteroatoms. The first-order chi connectivity index (χ1) is 11.0. The molecule has 1 aliphatic carbocycles. The van der Waals surface area contributed by atoms with Gasteiger partial charge in [-0.1, -0.05) is 19.3 Å². The number of carbonyl (C=O) groups excluding carboxylic acids is 2. The van der Waals surface area contributed by atoms with E-state index in [4.69, 9.17) is 5.11 Å². The fourth-order valence-electron chi connectivity index (χ4n) is 2.77. The molecule has 0 bridgehead atoms. The van der Waals surface area contributed by atoms with Crippen LogP contribution in [-0.4, -0.2) is 53.6 Å². The van der Waals surface area contributed by atoms with E-state index < -0.39 is 5.97 Å². The largest absolute Gasteiger partial charge is 0.481 e. The van der Waals surface area contributed by atoms with E-state index in [9.17, 15) is 14.4 Å². The third-order valence-corrected chi connectivity index (χ3v) is 4.12. The summed E-state index contributed by atoms with van der Waals surface area (Å²) >= 11 is 0. The molecule has 132 valence electrons. The van der Waals surface area contributed by atoms with Crippen LogP contribution in [0, 0.1) is 0 Å². The van der Waals surface area contributed by atoms with Crippen molar-refractivity contribution in [3.05, 3.63) is 0 Å². The van der Waals surface area contributed by atoms with Crippen molar-refractivity contribution in [3.8, 4) is 0 Å². The van der Waals surface area contributed by atoms with Crippen LogP contribution < -0.4 is 10.6 Å². The lowest BCUT2D eigenvalue weighted by Crippen LogP contribution is -2.43. The zero-order chi connectivity index (χ0) is 17.1. The summed E-state index contributed by atoms with van der Waals surface area (Å²) in [5, 5.41) is 14.4. The normalized spacial score (nSPS) is 15.0. The number of carboxylic acids is 1. The van der Waals surface area contributed by atoms with E-state index >= 15 is 0 Å². The molecule has 0 aromatic carbocycles. The van der Waals surface area contributed by atoms with Crippen LogP contribution in [0.2, 0.25) is 0 Å². The van der Waals surface area contributed by atoms with Crippen LogP contribution in [0.4, 0.5) is 4.79 Å². The zero-order valence-corrected chi connectivity index (χ0v) is 14.0. The molecule has 3 N–H and O–H groups in total. The minimum absolute atomic E-state index is 0.0401. The van der Waals surface area contributed by atoms with Gasteiger partial charge in [0.25, 0.3) is 0 Å². The second-order valence-electron chi connectivity index (χ2n) is 5.96. The molecule has 0 aromatic rings. The third-order valence-electron chi connectivity index (χ3n) is 4.12. The van der Waals surface area contributed by atoms with Gasteiger partial charge in [0.1, 0.15) is 0 Å². The molecule has 1 aliphatic rings. The highest BCUT2D eigenvalue weighted by Crippen LogP contribution is 2.17. The highest BCUT2D eigenvalue weighted by atomic mass is 16.4. The molecule has 0 aliphatic heterocycles. The molecule has 23 heavy (non-hydrogen) atoms. The Balaban J connectivity index is 2.13. The summed E-state index contributed by atoms with van der Waals surface area (Å²) in [6.45, 7) is 3.01. The predicted octanol–water partition coefficient (Wildman–Crippen LogP) is 1.72. The quantitative estimate of drug-likeness (QED) is 0.562. The first-order valence-electron chi connectivity index (χ1n) is 8.56. The predicted molar refractivity (Wildman–Crippen MR) is 87.1 cm³/mol. The molecular weight excluding hydrogens is 298 g/mol. The molecule has 1 saturated carbocycles. The maximum atomic E-state index is 12.0. The fourth-order valence-corrected chi connectivity index (χ4v) is 2.77. The number of nitrogens with one attached hydrogen (secondary N) is 2. The summed E-state index contributed by atoms with van der Waals surface area (Å²) in [5.74, 6) is -0.972. The van der Waals surface area contributed by atoms with Crippen molar-refractivity contribution < 1.29 is 19.5 Å². The van der Waals surface area contributed by atoms with Crippen molar-refractivity contribution in [2.24, 2.45) is 0 Å². The molecular formula is C16H29N3O4. The second kappa shape index (κ2) is 10.9. The lowest BCUT2D eigenvalue weighted by atomic mass is 9.96. The van der Waals surface area contributed by atoms with Gasteiger partial charge in [-0.15, -0.1) is 0 Å². The fraction of sp³-hybridized carbons (Fsp3) is 0.812. The molecule has 0 atom stereocenters. The molecule has 0 spiro atoms. The number of hydrogen-bond donors (Lipinski definition) is 3. The molecule has 1 fully saturated rings.